The first-order valence-corrected chi connectivity index (χ1v) is 10.8. The van der Waals surface area contributed by atoms with Crippen molar-refractivity contribution in [1.29, 1.82) is 0 Å². The molecule has 3 rings (SSSR count). The summed E-state index contributed by atoms with van der Waals surface area (Å²) in [5, 5.41) is 3.11. The van der Waals surface area contributed by atoms with Crippen LogP contribution in [0.25, 0.3) is 0 Å². The second kappa shape index (κ2) is 9.50. The van der Waals surface area contributed by atoms with Crippen molar-refractivity contribution in [2.75, 3.05) is 16.6 Å². The van der Waals surface area contributed by atoms with Crippen LogP contribution in [0.4, 0.5) is 11.4 Å². The number of hydrogen-bond acceptors (Lipinski definition) is 5. The van der Waals surface area contributed by atoms with Crippen molar-refractivity contribution in [2.24, 2.45) is 5.73 Å². The van der Waals surface area contributed by atoms with Gasteiger partial charge in [-0.3, -0.25) is 14.3 Å². The fourth-order valence-corrected chi connectivity index (χ4v) is 3.70. The molecule has 0 spiro atoms. The van der Waals surface area contributed by atoms with Crippen LogP contribution in [0.3, 0.4) is 0 Å². The standard InChI is InChI=1S/C21H18ClN3O5S/c22-15-3-7-17(8-4-15)25-31(28,29)19-11-9-18(10-12-19)30-13-20(26)24-16-5-1-14(2-6-16)21(23)27/h1-12,25H,13H2,(H2,23,27)(H,24,26). The molecule has 4 N–H and O–H groups in total. The number of hydrogen-bond donors (Lipinski definition) is 3. The smallest absolute Gasteiger partial charge is 0.262 e. The van der Waals surface area contributed by atoms with Gasteiger partial charge in [-0.05, 0) is 72.8 Å². The number of halogens is 1. The predicted molar refractivity (Wildman–Crippen MR) is 118 cm³/mol. The number of sulfonamides is 1. The summed E-state index contributed by atoms with van der Waals surface area (Å²) in [5.74, 6) is -0.660. The molecular weight excluding hydrogens is 442 g/mol. The predicted octanol–water partition coefficient (Wildman–Crippen LogP) is 3.26. The average molecular weight is 460 g/mol. The molecule has 3 aromatic carbocycles. The molecule has 31 heavy (non-hydrogen) atoms. The Hall–Kier alpha value is -3.56. The number of anilines is 2. The first-order chi connectivity index (χ1) is 14.7. The Morgan fingerprint density at radius 1 is 0.871 bits per heavy atom. The van der Waals surface area contributed by atoms with Crippen LogP contribution in [0.1, 0.15) is 10.4 Å². The number of ether oxygens (including phenoxy) is 1. The number of benzene rings is 3. The van der Waals surface area contributed by atoms with Gasteiger partial charge < -0.3 is 15.8 Å². The average Bonchev–Trinajstić information content (AvgIpc) is 2.74. The summed E-state index contributed by atoms with van der Waals surface area (Å²) in [5.41, 5.74) is 6.35. The Bertz CT molecular complexity index is 1180. The topological polar surface area (TPSA) is 128 Å². The summed E-state index contributed by atoms with van der Waals surface area (Å²) in [6.07, 6.45) is 0. The highest BCUT2D eigenvalue weighted by atomic mass is 35.5. The van der Waals surface area contributed by atoms with Gasteiger partial charge in [-0.2, -0.15) is 0 Å². The highest BCUT2D eigenvalue weighted by molar-refractivity contribution is 7.92. The van der Waals surface area contributed by atoms with Crippen LogP contribution in [0, 0.1) is 0 Å². The van der Waals surface area contributed by atoms with Crippen LogP contribution < -0.4 is 20.5 Å². The largest absolute Gasteiger partial charge is 0.484 e. The summed E-state index contributed by atoms with van der Waals surface area (Å²) >= 11 is 5.80. The summed E-state index contributed by atoms with van der Waals surface area (Å²) in [6.45, 7) is -0.285. The Labute approximate surface area is 184 Å². The van der Waals surface area contributed by atoms with Crippen molar-refractivity contribution < 1.29 is 22.7 Å². The van der Waals surface area contributed by atoms with E-state index in [1.165, 1.54) is 36.4 Å². The van der Waals surface area contributed by atoms with Crippen LogP contribution in [-0.2, 0) is 14.8 Å². The first kappa shape index (κ1) is 22.1. The van der Waals surface area contributed by atoms with E-state index in [0.29, 0.717) is 27.7 Å². The summed E-state index contributed by atoms with van der Waals surface area (Å²) in [7, 11) is -3.79. The summed E-state index contributed by atoms with van der Waals surface area (Å²) in [4.78, 5) is 23.1. The van der Waals surface area contributed by atoms with E-state index in [9.17, 15) is 18.0 Å². The minimum absolute atomic E-state index is 0.0359. The lowest BCUT2D eigenvalue weighted by atomic mass is 10.2. The van der Waals surface area contributed by atoms with Crippen LogP contribution in [0.2, 0.25) is 5.02 Å². The molecule has 2 amide bonds. The monoisotopic (exact) mass is 459 g/mol. The summed E-state index contributed by atoms with van der Waals surface area (Å²) in [6, 6.07) is 18.0. The van der Waals surface area contributed by atoms with Gasteiger partial charge >= 0.3 is 0 Å². The molecule has 0 saturated heterocycles. The Balaban J connectivity index is 1.55. The maximum absolute atomic E-state index is 12.5. The van der Waals surface area contributed by atoms with E-state index in [4.69, 9.17) is 22.1 Å². The molecule has 8 nitrogen and oxygen atoms in total. The van der Waals surface area contributed by atoms with Crippen molar-refractivity contribution >= 4 is 44.8 Å². The van der Waals surface area contributed by atoms with Gasteiger partial charge in [0.2, 0.25) is 5.91 Å². The fourth-order valence-electron chi connectivity index (χ4n) is 2.51. The number of nitrogens with two attached hydrogens (primary N) is 1. The van der Waals surface area contributed by atoms with Crippen molar-refractivity contribution in [3.63, 3.8) is 0 Å². The fraction of sp³-hybridized carbons (Fsp3) is 0.0476. The Morgan fingerprint density at radius 3 is 2.03 bits per heavy atom. The van der Waals surface area contributed by atoms with Gasteiger partial charge in [0.15, 0.2) is 6.61 Å². The van der Waals surface area contributed by atoms with Gasteiger partial charge in [0, 0.05) is 22.0 Å². The number of nitrogens with one attached hydrogen (secondary N) is 2. The van der Waals surface area contributed by atoms with Crippen LogP contribution in [0.15, 0.2) is 77.7 Å². The second-order valence-corrected chi connectivity index (χ2v) is 8.48. The molecule has 0 bridgehead atoms. The highest BCUT2D eigenvalue weighted by Gasteiger charge is 2.14. The molecule has 0 aromatic heterocycles. The van der Waals surface area contributed by atoms with E-state index in [2.05, 4.69) is 10.0 Å². The third-order valence-electron chi connectivity index (χ3n) is 4.05. The van der Waals surface area contributed by atoms with E-state index in [0.717, 1.165) is 0 Å². The van der Waals surface area contributed by atoms with Gasteiger partial charge in [0.05, 0.1) is 4.90 Å². The summed E-state index contributed by atoms with van der Waals surface area (Å²) < 4.78 is 32.7. The van der Waals surface area contributed by atoms with E-state index in [1.54, 1.807) is 36.4 Å². The molecule has 0 fully saturated rings. The molecule has 0 heterocycles. The minimum Gasteiger partial charge on any atom is -0.484 e. The SMILES string of the molecule is NC(=O)c1ccc(NC(=O)COc2ccc(S(=O)(=O)Nc3ccc(Cl)cc3)cc2)cc1. The third-order valence-corrected chi connectivity index (χ3v) is 5.70. The minimum atomic E-state index is -3.79. The maximum atomic E-state index is 12.5. The van der Waals surface area contributed by atoms with E-state index >= 15 is 0 Å². The quantitative estimate of drug-likeness (QED) is 0.476. The molecule has 0 aliphatic carbocycles. The van der Waals surface area contributed by atoms with Crippen molar-refractivity contribution in [3.8, 4) is 5.75 Å². The second-order valence-electron chi connectivity index (χ2n) is 6.36. The van der Waals surface area contributed by atoms with Crippen molar-refractivity contribution in [3.05, 3.63) is 83.4 Å². The maximum Gasteiger partial charge on any atom is 0.262 e. The number of carbonyl (C=O) groups is 2. The molecular formula is C21H18ClN3O5S. The van der Waals surface area contributed by atoms with Gasteiger partial charge in [-0.15, -0.1) is 0 Å². The normalized spacial score (nSPS) is 10.9. The molecule has 160 valence electrons. The van der Waals surface area contributed by atoms with E-state index in [1.807, 2.05) is 0 Å². The molecule has 0 unspecified atom stereocenters. The van der Waals surface area contributed by atoms with Gasteiger partial charge in [-0.25, -0.2) is 8.42 Å². The molecule has 0 radical (unpaired) electrons. The number of primary amides is 1. The lowest BCUT2D eigenvalue weighted by molar-refractivity contribution is -0.118. The molecule has 0 saturated carbocycles. The van der Waals surface area contributed by atoms with Gasteiger partial charge in [-0.1, -0.05) is 11.6 Å². The number of carbonyl (C=O) groups excluding carboxylic acids is 2. The van der Waals surface area contributed by atoms with Crippen LogP contribution in [-0.4, -0.2) is 26.8 Å². The zero-order chi connectivity index (χ0) is 22.4. The Kier molecular flexibility index (Phi) is 6.78. The first-order valence-electron chi connectivity index (χ1n) is 8.94. The van der Waals surface area contributed by atoms with Crippen LogP contribution in [0.5, 0.6) is 5.75 Å². The third kappa shape index (κ3) is 6.21. The van der Waals surface area contributed by atoms with Crippen molar-refractivity contribution in [2.45, 2.75) is 4.90 Å². The molecule has 0 aliphatic rings. The highest BCUT2D eigenvalue weighted by Crippen LogP contribution is 2.20. The zero-order valence-corrected chi connectivity index (χ0v) is 17.6. The molecule has 0 aliphatic heterocycles. The van der Waals surface area contributed by atoms with E-state index < -0.39 is 21.8 Å². The van der Waals surface area contributed by atoms with Gasteiger partial charge in [0.25, 0.3) is 15.9 Å². The van der Waals surface area contributed by atoms with Gasteiger partial charge in [0.1, 0.15) is 5.75 Å². The lowest BCUT2D eigenvalue weighted by Crippen LogP contribution is -2.20. The Morgan fingerprint density at radius 2 is 1.45 bits per heavy atom. The van der Waals surface area contributed by atoms with Crippen LogP contribution >= 0.6 is 11.6 Å². The molecule has 10 heteroatoms. The number of amides is 2. The van der Waals surface area contributed by atoms with E-state index in [-0.39, 0.29) is 11.5 Å². The molecule has 3 aromatic rings. The zero-order valence-electron chi connectivity index (χ0n) is 16.0. The lowest BCUT2D eigenvalue weighted by Gasteiger charge is -2.10. The van der Waals surface area contributed by atoms with Crippen molar-refractivity contribution in [1.82, 2.24) is 0 Å². The molecule has 0 atom stereocenters. The number of rotatable bonds is 8.